The zero-order valence-corrected chi connectivity index (χ0v) is 11.8. The molecule has 19 heavy (non-hydrogen) atoms. The van der Waals surface area contributed by atoms with Crippen LogP contribution in [0, 0.1) is 5.41 Å². The number of hydrogen-bond acceptors (Lipinski definition) is 4. The Labute approximate surface area is 115 Å². The summed E-state index contributed by atoms with van der Waals surface area (Å²) in [5, 5.41) is 7.48. The van der Waals surface area contributed by atoms with Crippen LogP contribution in [-0.2, 0) is 17.3 Å². The van der Waals surface area contributed by atoms with Crippen molar-refractivity contribution in [3.05, 3.63) is 29.3 Å². The van der Waals surface area contributed by atoms with Crippen molar-refractivity contribution in [1.82, 2.24) is 4.90 Å². The number of nitrogens with zero attached hydrogens (tertiary/aromatic N) is 1. The van der Waals surface area contributed by atoms with Gasteiger partial charge < -0.3 is 10.5 Å². The number of methoxy groups -OCH3 is 1. The van der Waals surface area contributed by atoms with E-state index in [0.717, 1.165) is 36.7 Å². The molecular formula is C13H19N3O2S. The highest BCUT2D eigenvalue weighted by Crippen LogP contribution is 2.21. The van der Waals surface area contributed by atoms with Crippen LogP contribution >= 0.6 is 0 Å². The van der Waals surface area contributed by atoms with Crippen LogP contribution in [0.25, 0.3) is 0 Å². The number of benzene rings is 1. The molecule has 0 aliphatic carbocycles. The number of hydrogen-bond donors (Lipinski definition) is 2. The zero-order chi connectivity index (χ0) is 13.8. The molecule has 1 aromatic rings. The number of nitrogens with one attached hydrogen (secondary N) is 1. The summed E-state index contributed by atoms with van der Waals surface area (Å²) in [6.45, 7) is 2.54. The van der Waals surface area contributed by atoms with Gasteiger partial charge in [0.25, 0.3) is 0 Å². The second-order valence-corrected chi connectivity index (χ2v) is 6.27. The Balaban J connectivity index is 2.09. The third kappa shape index (κ3) is 3.54. The van der Waals surface area contributed by atoms with Crippen LogP contribution in [0.1, 0.15) is 11.1 Å². The van der Waals surface area contributed by atoms with E-state index in [9.17, 15) is 4.21 Å². The summed E-state index contributed by atoms with van der Waals surface area (Å²) >= 11 is 0. The van der Waals surface area contributed by atoms with E-state index in [1.807, 2.05) is 18.2 Å². The molecule has 1 heterocycles. The minimum atomic E-state index is -0.646. The fraction of sp³-hybridized carbons (Fsp3) is 0.462. The maximum absolute atomic E-state index is 11.3. The van der Waals surface area contributed by atoms with Gasteiger partial charge in [0.2, 0.25) is 0 Å². The van der Waals surface area contributed by atoms with E-state index in [-0.39, 0.29) is 5.84 Å². The maximum Gasteiger partial charge on any atom is 0.130 e. The van der Waals surface area contributed by atoms with Crippen molar-refractivity contribution >= 4 is 16.6 Å². The molecule has 1 saturated heterocycles. The summed E-state index contributed by atoms with van der Waals surface area (Å²) < 4.78 is 16.6. The van der Waals surface area contributed by atoms with Crippen LogP contribution in [0.2, 0.25) is 0 Å². The van der Waals surface area contributed by atoms with Gasteiger partial charge in [0.05, 0.1) is 12.7 Å². The lowest BCUT2D eigenvalue weighted by Crippen LogP contribution is -2.37. The molecule has 104 valence electrons. The number of rotatable bonds is 4. The Hall–Kier alpha value is -1.40. The van der Waals surface area contributed by atoms with Crippen LogP contribution in [0.3, 0.4) is 0 Å². The maximum atomic E-state index is 11.3. The summed E-state index contributed by atoms with van der Waals surface area (Å²) in [7, 11) is 0.933. The predicted octanol–water partition coefficient (Wildman–Crippen LogP) is 0.544. The highest BCUT2D eigenvalue weighted by Gasteiger charge is 2.16. The van der Waals surface area contributed by atoms with Crippen LogP contribution < -0.4 is 10.5 Å². The van der Waals surface area contributed by atoms with Crippen LogP contribution in [-0.4, -0.2) is 46.6 Å². The molecule has 0 spiro atoms. The quantitative estimate of drug-likeness (QED) is 0.624. The summed E-state index contributed by atoms with van der Waals surface area (Å²) in [5.41, 5.74) is 7.24. The van der Waals surface area contributed by atoms with Gasteiger partial charge in [0.1, 0.15) is 11.6 Å². The minimum Gasteiger partial charge on any atom is -0.496 e. The monoisotopic (exact) mass is 281 g/mol. The van der Waals surface area contributed by atoms with E-state index in [2.05, 4.69) is 4.90 Å². The van der Waals surface area contributed by atoms with E-state index >= 15 is 0 Å². The number of nitrogens with two attached hydrogens (primary N) is 1. The van der Waals surface area contributed by atoms with Gasteiger partial charge in [-0.1, -0.05) is 6.07 Å². The van der Waals surface area contributed by atoms with E-state index < -0.39 is 10.8 Å². The second-order valence-electron chi connectivity index (χ2n) is 4.57. The van der Waals surface area contributed by atoms with Crippen molar-refractivity contribution in [2.75, 3.05) is 31.7 Å². The van der Waals surface area contributed by atoms with Gasteiger partial charge in [-0.15, -0.1) is 0 Å². The van der Waals surface area contributed by atoms with Crippen molar-refractivity contribution in [2.24, 2.45) is 5.73 Å². The molecule has 3 N–H and O–H groups in total. The predicted molar refractivity (Wildman–Crippen MR) is 77.2 cm³/mol. The second kappa shape index (κ2) is 6.16. The van der Waals surface area contributed by atoms with Gasteiger partial charge in [0, 0.05) is 41.9 Å². The Morgan fingerprint density at radius 1 is 1.47 bits per heavy atom. The summed E-state index contributed by atoms with van der Waals surface area (Å²) in [5.74, 6) is 2.15. The Morgan fingerprint density at radius 3 is 2.74 bits per heavy atom. The lowest BCUT2D eigenvalue weighted by Gasteiger charge is -2.26. The molecule has 0 radical (unpaired) electrons. The fourth-order valence-electron chi connectivity index (χ4n) is 2.15. The van der Waals surface area contributed by atoms with Crippen molar-refractivity contribution in [3.8, 4) is 5.75 Å². The first kappa shape index (κ1) is 14.0. The summed E-state index contributed by atoms with van der Waals surface area (Å²) in [6.07, 6.45) is 0. The first-order valence-electron chi connectivity index (χ1n) is 6.19. The van der Waals surface area contributed by atoms with Crippen molar-refractivity contribution in [3.63, 3.8) is 0 Å². The first-order chi connectivity index (χ1) is 9.10. The molecule has 0 unspecified atom stereocenters. The normalized spacial score (nSPS) is 17.3. The van der Waals surface area contributed by atoms with Crippen LogP contribution in [0.15, 0.2) is 18.2 Å². The molecule has 6 heteroatoms. The van der Waals surface area contributed by atoms with Gasteiger partial charge in [-0.3, -0.25) is 14.5 Å². The molecule has 0 aromatic heterocycles. The molecule has 1 aliphatic heterocycles. The average molecular weight is 281 g/mol. The molecule has 0 saturated carbocycles. The first-order valence-corrected chi connectivity index (χ1v) is 7.67. The van der Waals surface area contributed by atoms with Crippen LogP contribution in [0.5, 0.6) is 5.75 Å². The highest BCUT2D eigenvalue weighted by atomic mass is 32.2. The van der Waals surface area contributed by atoms with E-state index in [1.165, 1.54) is 0 Å². The fourth-order valence-corrected chi connectivity index (χ4v) is 3.28. The van der Waals surface area contributed by atoms with Gasteiger partial charge in [-0.25, -0.2) is 0 Å². The smallest absolute Gasteiger partial charge is 0.130 e. The van der Waals surface area contributed by atoms with Gasteiger partial charge in [-0.05, 0) is 17.7 Å². The molecule has 2 rings (SSSR count). The van der Waals surface area contributed by atoms with Crippen LogP contribution in [0.4, 0.5) is 0 Å². The zero-order valence-electron chi connectivity index (χ0n) is 11.0. The lowest BCUT2D eigenvalue weighted by molar-refractivity contribution is 0.291. The number of ether oxygens (including phenoxy) is 1. The summed E-state index contributed by atoms with van der Waals surface area (Å²) in [4.78, 5) is 2.28. The molecule has 5 nitrogen and oxygen atoms in total. The third-order valence-electron chi connectivity index (χ3n) is 3.23. The molecule has 1 aliphatic rings. The topological polar surface area (TPSA) is 79.4 Å². The SMILES string of the molecule is COc1cc(CN2CCS(=O)CC2)ccc1C(=N)N. The Kier molecular flexibility index (Phi) is 4.55. The standard InChI is InChI=1S/C13H19N3O2S/c1-18-12-8-10(2-3-11(12)13(14)15)9-16-4-6-19(17)7-5-16/h2-3,8H,4-7,9H2,1H3,(H3,14,15). The van der Waals surface area contributed by atoms with E-state index in [1.54, 1.807) is 7.11 Å². The average Bonchev–Trinajstić information content (AvgIpc) is 2.41. The third-order valence-corrected chi connectivity index (χ3v) is 4.51. The Morgan fingerprint density at radius 2 is 2.16 bits per heavy atom. The van der Waals surface area contributed by atoms with Crippen molar-refractivity contribution in [1.29, 1.82) is 5.41 Å². The minimum absolute atomic E-state index is 0.0109. The number of nitrogen functional groups attached to an aromatic ring is 1. The molecule has 0 atom stereocenters. The molecule has 1 fully saturated rings. The highest BCUT2D eigenvalue weighted by molar-refractivity contribution is 7.85. The molecule has 1 aromatic carbocycles. The molecule has 0 bridgehead atoms. The van der Waals surface area contributed by atoms with E-state index in [0.29, 0.717) is 11.3 Å². The van der Waals surface area contributed by atoms with Crippen molar-refractivity contribution in [2.45, 2.75) is 6.54 Å². The van der Waals surface area contributed by atoms with E-state index in [4.69, 9.17) is 15.9 Å². The van der Waals surface area contributed by atoms with Gasteiger partial charge in [0.15, 0.2) is 0 Å². The molecule has 0 amide bonds. The lowest BCUT2D eigenvalue weighted by atomic mass is 10.1. The Bertz CT molecular complexity index is 495. The number of amidine groups is 1. The summed E-state index contributed by atoms with van der Waals surface area (Å²) in [6, 6.07) is 5.70. The largest absolute Gasteiger partial charge is 0.496 e. The van der Waals surface area contributed by atoms with Crippen molar-refractivity contribution < 1.29 is 8.95 Å². The van der Waals surface area contributed by atoms with Gasteiger partial charge in [-0.2, -0.15) is 0 Å². The van der Waals surface area contributed by atoms with Gasteiger partial charge >= 0.3 is 0 Å². The molecular weight excluding hydrogens is 262 g/mol.